The molecule has 2 aromatic carbocycles. The molecule has 0 spiro atoms. The summed E-state index contributed by atoms with van der Waals surface area (Å²) in [6.45, 7) is 4.12. The predicted molar refractivity (Wildman–Crippen MR) is 117 cm³/mol. The van der Waals surface area contributed by atoms with Crippen LogP contribution in [0.15, 0.2) is 78.6 Å². The van der Waals surface area contributed by atoms with Gasteiger partial charge in [-0.2, -0.15) is 0 Å². The van der Waals surface area contributed by atoms with Gasteiger partial charge >= 0.3 is 0 Å². The van der Waals surface area contributed by atoms with Crippen LogP contribution < -0.4 is 4.90 Å². The lowest BCUT2D eigenvalue weighted by Crippen LogP contribution is -2.34. The fraction of sp³-hybridized carbons (Fsp3) is 0.160. The highest BCUT2D eigenvalue weighted by molar-refractivity contribution is 6.36. The first kappa shape index (κ1) is 19.6. The number of benzene rings is 2. The van der Waals surface area contributed by atoms with E-state index in [1.165, 1.54) is 4.90 Å². The molecule has 2 amide bonds. The van der Waals surface area contributed by atoms with E-state index < -0.39 is 0 Å². The maximum absolute atomic E-state index is 13.5. The second kappa shape index (κ2) is 7.95. The molecule has 5 heteroatoms. The molecule has 0 saturated heterocycles. The lowest BCUT2D eigenvalue weighted by Gasteiger charge is -2.21. The van der Waals surface area contributed by atoms with Gasteiger partial charge in [-0.15, -0.1) is 0 Å². The van der Waals surface area contributed by atoms with E-state index in [4.69, 9.17) is 0 Å². The number of nitrogens with zero attached hydrogens (tertiary/aromatic N) is 3. The van der Waals surface area contributed by atoms with Crippen molar-refractivity contribution >= 4 is 23.1 Å². The molecule has 0 radical (unpaired) electrons. The number of hydrogen-bond donors (Lipinski definition) is 0. The number of aryl methyl sites for hydroxylation is 2. The molecule has 1 aromatic heterocycles. The Bertz CT molecular complexity index is 1140. The molecule has 1 aliphatic rings. The molecule has 0 N–H and O–H groups in total. The molecule has 2 heterocycles. The third-order valence-corrected chi connectivity index (χ3v) is 5.32. The Morgan fingerprint density at radius 2 is 1.63 bits per heavy atom. The molecular formula is C25H23N3O2. The first-order valence-corrected chi connectivity index (χ1v) is 9.84. The summed E-state index contributed by atoms with van der Waals surface area (Å²) >= 11 is 0. The topological polar surface area (TPSA) is 53.5 Å². The number of aromatic nitrogens is 1. The lowest BCUT2D eigenvalue weighted by molar-refractivity contribution is -0.137. The predicted octanol–water partition coefficient (Wildman–Crippen LogP) is 4.11. The number of likely N-dealkylation sites (N-methyl/N-ethyl adjacent to an activating group) is 1. The Morgan fingerprint density at radius 3 is 2.30 bits per heavy atom. The van der Waals surface area contributed by atoms with Crippen molar-refractivity contribution in [2.75, 3.05) is 11.9 Å². The first-order chi connectivity index (χ1) is 14.5. The minimum Gasteiger partial charge on any atom is -0.339 e. The van der Waals surface area contributed by atoms with Gasteiger partial charge in [0.1, 0.15) is 5.70 Å². The van der Waals surface area contributed by atoms with Crippen LogP contribution in [0.4, 0.5) is 5.69 Å². The molecule has 150 valence electrons. The van der Waals surface area contributed by atoms with Crippen LogP contribution in [0, 0.1) is 13.8 Å². The fourth-order valence-corrected chi connectivity index (χ4v) is 3.79. The summed E-state index contributed by atoms with van der Waals surface area (Å²) < 4.78 is 0. The number of carbonyl (C=O) groups is 2. The number of pyridine rings is 1. The van der Waals surface area contributed by atoms with E-state index >= 15 is 0 Å². The minimum absolute atomic E-state index is 0.138. The summed E-state index contributed by atoms with van der Waals surface area (Å²) in [5.74, 6) is -0.609. The van der Waals surface area contributed by atoms with E-state index in [9.17, 15) is 9.59 Å². The Morgan fingerprint density at radius 1 is 0.900 bits per heavy atom. The Kier molecular flexibility index (Phi) is 5.19. The number of carbonyl (C=O) groups excluding carboxylic acids is 2. The summed E-state index contributed by atoms with van der Waals surface area (Å²) in [4.78, 5) is 34.3. The Hall–Kier alpha value is -3.73. The van der Waals surface area contributed by atoms with E-state index in [-0.39, 0.29) is 18.4 Å². The molecule has 30 heavy (non-hydrogen) atoms. The molecule has 0 saturated carbocycles. The highest BCUT2D eigenvalue weighted by Gasteiger charge is 2.41. The molecule has 1 aliphatic heterocycles. The van der Waals surface area contributed by atoms with Crippen molar-refractivity contribution in [1.82, 2.24) is 9.88 Å². The number of amides is 2. The summed E-state index contributed by atoms with van der Waals surface area (Å²) in [6, 6.07) is 21.0. The minimum atomic E-state index is -0.313. The molecule has 0 atom stereocenters. The Balaban J connectivity index is 1.83. The van der Waals surface area contributed by atoms with Crippen molar-refractivity contribution in [3.63, 3.8) is 0 Å². The third-order valence-electron chi connectivity index (χ3n) is 5.32. The number of hydrogen-bond acceptors (Lipinski definition) is 4. The molecule has 0 fully saturated rings. The molecule has 4 rings (SSSR count). The SMILES string of the molecule is Cc1ccc(C2=C(N(C)c3ccccc3)C(=O)N(Cc3ccccn3)C2=O)c(C)c1. The van der Waals surface area contributed by atoms with Crippen molar-refractivity contribution in [1.29, 1.82) is 0 Å². The van der Waals surface area contributed by atoms with Gasteiger partial charge in [-0.25, -0.2) is 0 Å². The van der Waals surface area contributed by atoms with Crippen molar-refractivity contribution in [2.45, 2.75) is 20.4 Å². The van der Waals surface area contributed by atoms with Crippen LogP contribution in [0.25, 0.3) is 5.57 Å². The van der Waals surface area contributed by atoms with Crippen LogP contribution in [0.5, 0.6) is 0 Å². The van der Waals surface area contributed by atoms with Gasteiger partial charge in [0.2, 0.25) is 0 Å². The maximum Gasteiger partial charge on any atom is 0.278 e. The number of imide groups is 1. The van der Waals surface area contributed by atoms with Gasteiger partial charge in [0.25, 0.3) is 11.8 Å². The number of para-hydroxylation sites is 1. The van der Waals surface area contributed by atoms with Crippen molar-refractivity contribution in [2.24, 2.45) is 0 Å². The zero-order valence-corrected chi connectivity index (χ0v) is 17.3. The normalized spacial score (nSPS) is 13.9. The largest absolute Gasteiger partial charge is 0.339 e. The van der Waals surface area contributed by atoms with E-state index in [2.05, 4.69) is 4.98 Å². The molecule has 3 aromatic rings. The van der Waals surface area contributed by atoms with Crippen LogP contribution in [0.1, 0.15) is 22.4 Å². The summed E-state index contributed by atoms with van der Waals surface area (Å²) in [5.41, 5.74) is 5.18. The van der Waals surface area contributed by atoms with Crippen LogP contribution >= 0.6 is 0 Å². The van der Waals surface area contributed by atoms with Gasteiger partial charge in [0.05, 0.1) is 17.8 Å². The van der Waals surface area contributed by atoms with Crippen LogP contribution in [0.2, 0.25) is 0 Å². The molecule has 0 aliphatic carbocycles. The lowest BCUT2D eigenvalue weighted by atomic mass is 9.97. The summed E-state index contributed by atoms with van der Waals surface area (Å²) in [6.07, 6.45) is 1.66. The zero-order valence-electron chi connectivity index (χ0n) is 17.3. The smallest absolute Gasteiger partial charge is 0.278 e. The maximum atomic E-state index is 13.5. The van der Waals surface area contributed by atoms with Gasteiger partial charge in [-0.05, 0) is 49.2 Å². The zero-order chi connectivity index (χ0) is 21.3. The van der Waals surface area contributed by atoms with Crippen molar-refractivity contribution in [3.8, 4) is 0 Å². The first-order valence-electron chi connectivity index (χ1n) is 9.84. The van der Waals surface area contributed by atoms with Gasteiger partial charge in [0, 0.05) is 18.9 Å². The second-order valence-electron chi connectivity index (χ2n) is 7.45. The van der Waals surface area contributed by atoms with Crippen LogP contribution in [0.3, 0.4) is 0 Å². The van der Waals surface area contributed by atoms with E-state index in [1.54, 1.807) is 11.1 Å². The van der Waals surface area contributed by atoms with E-state index in [0.717, 1.165) is 22.4 Å². The van der Waals surface area contributed by atoms with Gasteiger partial charge in [0.15, 0.2) is 0 Å². The number of rotatable bonds is 5. The van der Waals surface area contributed by atoms with Gasteiger partial charge in [-0.3, -0.25) is 19.5 Å². The average Bonchev–Trinajstić information content (AvgIpc) is 2.99. The summed E-state index contributed by atoms with van der Waals surface area (Å²) in [7, 11) is 1.82. The second-order valence-corrected chi connectivity index (χ2v) is 7.45. The quantitative estimate of drug-likeness (QED) is 0.608. The van der Waals surface area contributed by atoms with E-state index in [1.807, 2.05) is 87.6 Å². The monoisotopic (exact) mass is 397 g/mol. The molecule has 5 nitrogen and oxygen atoms in total. The highest BCUT2D eigenvalue weighted by Crippen LogP contribution is 2.35. The highest BCUT2D eigenvalue weighted by atomic mass is 16.2. The van der Waals surface area contributed by atoms with Crippen LogP contribution in [-0.4, -0.2) is 28.7 Å². The van der Waals surface area contributed by atoms with E-state index in [0.29, 0.717) is 17.0 Å². The van der Waals surface area contributed by atoms with Gasteiger partial charge in [-0.1, -0.05) is 48.0 Å². The standard InChI is InChI=1S/C25H23N3O2/c1-17-12-13-21(18(2)15-17)22-23(27(3)20-10-5-4-6-11-20)25(30)28(24(22)29)16-19-9-7-8-14-26-19/h4-15H,16H2,1-3H3. The fourth-order valence-electron chi connectivity index (χ4n) is 3.79. The average molecular weight is 397 g/mol. The third kappa shape index (κ3) is 3.50. The molecule has 0 bridgehead atoms. The number of anilines is 1. The van der Waals surface area contributed by atoms with Crippen LogP contribution in [-0.2, 0) is 16.1 Å². The Labute approximate surface area is 176 Å². The van der Waals surface area contributed by atoms with Crippen molar-refractivity contribution < 1.29 is 9.59 Å². The van der Waals surface area contributed by atoms with Gasteiger partial charge < -0.3 is 4.90 Å². The molecular weight excluding hydrogens is 374 g/mol. The summed E-state index contributed by atoms with van der Waals surface area (Å²) in [5, 5.41) is 0. The van der Waals surface area contributed by atoms with Crippen molar-refractivity contribution in [3.05, 3.63) is 101 Å². The molecule has 0 unspecified atom stereocenters.